The van der Waals surface area contributed by atoms with Crippen LogP contribution in [0.2, 0.25) is 0 Å². The second-order valence-electron chi connectivity index (χ2n) is 5.25. The van der Waals surface area contributed by atoms with Crippen molar-refractivity contribution < 1.29 is 14.2 Å². The Morgan fingerprint density at radius 3 is 2.30 bits per heavy atom. The molecule has 0 aliphatic rings. The molecule has 0 saturated heterocycles. The molecule has 0 spiro atoms. The Morgan fingerprint density at radius 1 is 0.870 bits per heavy atom. The fraction of sp³-hybridized carbons (Fsp3) is 0.368. The predicted molar refractivity (Wildman–Crippen MR) is 92.5 cm³/mol. The second kappa shape index (κ2) is 9.06. The molecule has 0 saturated carbocycles. The zero-order valence-corrected chi connectivity index (χ0v) is 14.1. The number of ether oxygens (including phenoxy) is 3. The quantitative estimate of drug-likeness (QED) is 0.718. The van der Waals surface area contributed by atoms with Crippen molar-refractivity contribution in [3.8, 4) is 17.2 Å². The van der Waals surface area contributed by atoms with Crippen molar-refractivity contribution >= 4 is 0 Å². The molecule has 0 fully saturated rings. The highest BCUT2D eigenvalue weighted by Gasteiger charge is 2.06. The van der Waals surface area contributed by atoms with E-state index in [1.165, 1.54) is 11.1 Å². The molecule has 2 aromatic rings. The summed E-state index contributed by atoms with van der Waals surface area (Å²) >= 11 is 0. The smallest absolute Gasteiger partial charge is 0.161 e. The third-order valence-corrected chi connectivity index (χ3v) is 3.32. The van der Waals surface area contributed by atoms with Crippen molar-refractivity contribution in [2.24, 2.45) is 0 Å². The van der Waals surface area contributed by atoms with Crippen LogP contribution in [0.3, 0.4) is 0 Å². The van der Waals surface area contributed by atoms with Gasteiger partial charge in [0.25, 0.3) is 0 Å². The Hall–Kier alpha value is -2.20. The summed E-state index contributed by atoms with van der Waals surface area (Å²) in [6, 6.07) is 14.0. The fourth-order valence-corrected chi connectivity index (χ4v) is 2.20. The van der Waals surface area contributed by atoms with E-state index in [0.29, 0.717) is 19.8 Å². The van der Waals surface area contributed by atoms with Crippen LogP contribution in [-0.4, -0.2) is 26.9 Å². The van der Waals surface area contributed by atoms with E-state index in [0.717, 1.165) is 23.8 Å². The van der Waals surface area contributed by atoms with Gasteiger partial charge in [-0.15, -0.1) is 0 Å². The van der Waals surface area contributed by atoms with Crippen LogP contribution in [0.15, 0.2) is 42.5 Å². The zero-order chi connectivity index (χ0) is 16.5. The average Bonchev–Trinajstić information content (AvgIpc) is 2.55. The molecule has 0 amide bonds. The largest absolute Gasteiger partial charge is 0.490 e. The van der Waals surface area contributed by atoms with E-state index < -0.39 is 0 Å². The van der Waals surface area contributed by atoms with Gasteiger partial charge in [0, 0.05) is 6.54 Å². The van der Waals surface area contributed by atoms with Crippen molar-refractivity contribution in [1.82, 2.24) is 5.32 Å². The van der Waals surface area contributed by atoms with E-state index in [9.17, 15) is 0 Å². The van der Waals surface area contributed by atoms with E-state index in [2.05, 4.69) is 12.2 Å². The molecule has 0 aromatic heterocycles. The molecule has 2 aromatic carbocycles. The summed E-state index contributed by atoms with van der Waals surface area (Å²) in [6.07, 6.45) is 0. The maximum Gasteiger partial charge on any atom is 0.161 e. The van der Waals surface area contributed by atoms with Crippen LogP contribution >= 0.6 is 0 Å². The lowest BCUT2D eigenvalue weighted by Gasteiger charge is -2.14. The van der Waals surface area contributed by atoms with E-state index in [1.54, 1.807) is 0 Å². The van der Waals surface area contributed by atoms with Crippen LogP contribution in [0.4, 0.5) is 0 Å². The van der Waals surface area contributed by atoms with E-state index in [1.807, 2.05) is 56.4 Å². The van der Waals surface area contributed by atoms with Gasteiger partial charge in [-0.2, -0.15) is 0 Å². The molecular formula is C19H25NO3. The Morgan fingerprint density at radius 2 is 1.61 bits per heavy atom. The summed E-state index contributed by atoms with van der Waals surface area (Å²) < 4.78 is 17.1. The first-order valence-corrected chi connectivity index (χ1v) is 7.95. The Labute approximate surface area is 138 Å². The molecule has 2 rings (SSSR count). The van der Waals surface area contributed by atoms with Crippen LogP contribution in [0, 0.1) is 6.92 Å². The monoisotopic (exact) mass is 315 g/mol. The molecule has 0 unspecified atom stereocenters. The summed E-state index contributed by atoms with van der Waals surface area (Å²) in [5.41, 5.74) is 2.39. The minimum atomic E-state index is 0.472. The number of hydrogen-bond donors (Lipinski definition) is 1. The second-order valence-corrected chi connectivity index (χ2v) is 5.25. The normalized spacial score (nSPS) is 10.4. The maximum absolute atomic E-state index is 5.80. The lowest BCUT2D eigenvalue weighted by molar-refractivity contribution is 0.208. The van der Waals surface area contributed by atoms with Crippen LogP contribution in [0.25, 0.3) is 0 Å². The first-order valence-electron chi connectivity index (χ1n) is 7.95. The zero-order valence-electron chi connectivity index (χ0n) is 14.1. The van der Waals surface area contributed by atoms with Gasteiger partial charge < -0.3 is 19.5 Å². The van der Waals surface area contributed by atoms with Gasteiger partial charge in [0.1, 0.15) is 19.0 Å². The van der Waals surface area contributed by atoms with E-state index in [-0.39, 0.29) is 0 Å². The maximum atomic E-state index is 5.80. The first-order chi connectivity index (χ1) is 11.2. The number of rotatable bonds is 9. The molecule has 1 N–H and O–H groups in total. The number of benzene rings is 2. The topological polar surface area (TPSA) is 39.7 Å². The lowest BCUT2D eigenvalue weighted by atomic mass is 10.2. The fourth-order valence-electron chi connectivity index (χ4n) is 2.20. The van der Waals surface area contributed by atoms with Gasteiger partial charge in [0.2, 0.25) is 0 Å². The average molecular weight is 315 g/mol. The van der Waals surface area contributed by atoms with Gasteiger partial charge in [0.05, 0.1) is 6.61 Å². The molecule has 0 bridgehead atoms. The highest BCUT2D eigenvalue weighted by Crippen LogP contribution is 2.28. The summed E-state index contributed by atoms with van der Waals surface area (Å²) in [7, 11) is 1.92. The molecule has 0 atom stereocenters. The van der Waals surface area contributed by atoms with Gasteiger partial charge in [-0.05, 0) is 50.7 Å². The molecule has 0 heterocycles. The van der Waals surface area contributed by atoms with Crippen LogP contribution < -0.4 is 19.5 Å². The molecule has 4 heteroatoms. The van der Waals surface area contributed by atoms with Crippen molar-refractivity contribution in [1.29, 1.82) is 0 Å². The van der Waals surface area contributed by atoms with Gasteiger partial charge in [-0.3, -0.25) is 0 Å². The Bertz CT molecular complexity index is 596. The number of nitrogens with one attached hydrogen (secondary N) is 1. The third kappa shape index (κ3) is 5.49. The van der Waals surface area contributed by atoms with Gasteiger partial charge in [-0.25, -0.2) is 0 Å². The summed E-state index contributed by atoms with van der Waals surface area (Å²) in [5, 5.41) is 3.13. The Balaban J connectivity index is 1.87. The van der Waals surface area contributed by atoms with Gasteiger partial charge >= 0.3 is 0 Å². The molecular weight excluding hydrogens is 290 g/mol. The van der Waals surface area contributed by atoms with E-state index >= 15 is 0 Å². The van der Waals surface area contributed by atoms with Crippen LogP contribution in [-0.2, 0) is 6.54 Å². The van der Waals surface area contributed by atoms with Crippen molar-refractivity contribution in [3.63, 3.8) is 0 Å². The summed E-state index contributed by atoms with van der Waals surface area (Å²) in [6.45, 7) is 6.40. The Kier molecular flexibility index (Phi) is 6.76. The van der Waals surface area contributed by atoms with Crippen LogP contribution in [0.1, 0.15) is 18.1 Å². The predicted octanol–water partition coefficient (Wildman–Crippen LogP) is 3.57. The molecule has 0 radical (unpaired) electrons. The SMILES string of the molecule is CCOc1cc(CNC)ccc1OCCOc1ccc(C)cc1. The van der Waals surface area contributed by atoms with Crippen molar-refractivity contribution in [2.45, 2.75) is 20.4 Å². The molecule has 4 nitrogen and oxygen atoms in total. The molecule has 0 aliphatic heterocycles. The summed E-state index contributed by atoms with van der Waals surface area (Å²) in [4.78, 5) is 0. The van der Waals surface area contributed by atoms with Crippen LogP contribution in [0.5, 0.6) is 17.2 Å². The minimum absolute atomic E-state index is 0.472. The van der Waals surface area contributed by atoms with Gasteiger partial charge in [0.15, 0.2) is 11.5 Å². The summed E-state index contributed by atoms with van der Waals surface area (Å²) in [5.74, 6) is 2.38. The molecule has 23 heavy (non-hydrogen) atoms. The van der Waals surface area contributed by atoms with Gasteiger partial charge in [-0.1, -0.05) is 23.8 Å². The lowest BCUT2D eigenvalue weighted by Crippen LogP contribution is -2.10. The van der Waals surface area contributed by atoms with Crippen molar-refractivity contribution in [2.75, 3.05) is 26.9 Å². The standard InChI is InChI=1S/C19H25NO3/c1-4-21-19-13-16(14-20-3)7-10-18(19)23-12-11-22-17-8-5-15(2)6-9-17/h5-10,13,20H,4,11-12,14H2,1-3H3. The number of hydrogen-bond acceptors (Lipinski definition) is 4. The number of aryl methyl sites for hydroxylation is 1. The first kappa shape index (κ1) is 17.2. The highest BCUT2D eigenvalue weighted by atomic mass is 16.5. The molecule has 124 valence electrons. The van der Waals surface area contributed by atoms with E-state index in [4.69, 9.17) is 14.2 Å². The highest BCUT2D eigenvalue weighted by molar-refractivity contribution is 5.43. The molecule has 0 aliphatic carbocycles. The minimum Gasteiger partial charge on any atom is -0.490 e. The third-order valence-electron chi connectivity index (χ3n) is 3.32. The van der Waals surface area contributed by atoms with Crippen molar-refractivity contribution in [3.05, 3.63) is 53.6 Å².